The molecule has 1 heterocycles. The van der Waals surface area contributed by atoms with Crippen molar-refractivity contribution in [2.24, 2.45) is 0 Å². The van der Waals surface area contributed by atoms with Crippen LogP contribution in [0.5, 0.6) is 0 Å². The highest BCUT2D eigenvalue weighted by atomic mass is 32.1. The average molecular weight is 297 g/mol. The molecule has 4 nitrogen and oxygen atoms in total. The third-order valence-corrected chi connectivity index (χ3v) is 4.19. The fourth-order valence-electron chi connectivity index (χ4n) is 2.01. The van der Waals surface area contributed by atoms with Crippen molar-refractivity contribution in [1.29, 1.82) is 0 Å². The van der Waals surface area contributed by atoms with Crippen LogP contribution in [-0.2, 0) is 0 Å². The molecule has 0 aliphatic rings. The van der Waals surface area contributed by atoms with Gasteiger partial charge in [0, 0.05) is 5.69 Å². The Balaban J connectivity index is 1.77. The van der Waals surface area contributed by atoms with Crippen LogP contribution < -0.4 is 10.6 Å². The van der Waals surface area contributed by atoms with Crippen molar-refractivity contribution >= 4 is 38.4 Å². The molecule has 0 unspecified atom stereocenters. The predicted octanol–water partition coefficient (Wildman–Crippen LogP) is 4.56. The van der Waals surface area contributed by atoms with Gasteiger partial charge in [0.2, 0.25) is 0 Å². The van der Waals surface area contributed by atoms with Gasteiger partial charge in [0.25, 0.3) is 0 Å². The first-order valence-electron chi connectivity index (χ1n) is 6.62. The maximum absolute atomic E-state index is 11.9. The summed E-state index contributed by atoms with van der Waals surface area (Å²) in [6.45, 7) is 4.13. The molecule has 3 aromatic rings. The average Bonchev–Trinajstić information content (AvgIpc) is 2.81. The van der Waals surface area contributed by atoms with Crippen molar-refractivity contribution in [2.45, 2.75) is 13.8 Å². The molecular formula is C16H15N3OS. The van der Waals surface area contributed by atoms with E-state index in [1.807, 2.05) is 36.4 Å². The Morgan fingerprint density at radius 2 is 1.76 bits per heavy atom. The molecular weight excluding hydrogens is 282 g/mol. The van der Waals surface area contributed by atoms with E-state index in [2.05, 4.69) is 35.5 Å². The summed E-state index contributed by atoms with van der Waals surface area (Å²) in [7, 11) is 0. The van der Waals surface area contributed by atoms with Gasteiger partial charge in [-0.05, 0) is 49.2 Å². The molecule has 0 radical (unpaired) electrons. The maximum Gasteiger partial charge on any atom is 0.325 e. The van der Waals surface area contributed by atoms with Crippen LogP contribution in [0.4, 0.5) is 15.6 Å². The summed E-state index contributed by atoms with van der Waals surface area (Å²) in [6, 6.07) is 13.2. The zero-order valence-electron chi connectivity index (χ0n) is 11.8. The molecule has 5 heteroatoms. The molecule has 2 aromatic carbocycles. The first-order valence-corrected chi connectivity index (χ1v) is 7.44. The quantitative estimate of drug-likeness (QED) is 0.728. The molecule has 21 heavy (non-hydrogen) atoms. The van der Waals surface area contributed by atoms with E-state index in [9.17, 15) is 4.79 Å². The summed E-state index contributed by atoms with van der Waals surface area (Å²) in [6.07, 6.45) is 0. The SMILES string of the molecule is Cc1cc2nc(NC(=O)Nc3ccccc3)sc2cc1C. The highest BCUT2D eigenvalue weighted by Gasteiger charge is 2.09. The Morgan fingerprint density at radius 1 is 1.05 bits per heavy atom. The van der Waals surface area contributed by atoms with Crippen molar-refractivity contribution in [3.8, 4) is 0 Å². The normalized spacial score (nSPS) is 10.6. The second-order valence-electron chi connectivity index (χ2n) is 4.87. The first kappa shape index (κ1) is 13.6. The minimum absolute atomic E-state index is 0.284. The second kappa shape index (κ2) is 5.54. The lowest BCUT2D eigenvalue weighted by Crippen LogP contribution is -2.19. The van der Waals surface area contributed by atoms with E-state index in [4.69, 9.17) is 0 Å². The number of fused-ring (bicyclic) bond motifs is 1. The number of thiazole rings is 1. The Labute approximate surface area is 126 Å². The zero-order valence-corrected chi connectivity index (χ0v) is 12.6. The number of aryl methyl sites for hydroxylation is 2. The van der Waals surface area contributed by atoms with E-state index in [0.29, 0.717) is 5.13 Å². The predicted molar refractivity (Wildman–Crippen MR) is 88.2 cm³/mol. The van der Waals surface area contributed by atoms with Gasteiger partial charge in [-0.25, -0.2) is 9.78 Å². The van der Waals surface area contributed by atoms with Gasteiger partial charge in [-0.3, -0.25) is 5.32 Å². The maximum atomic E-state index is 11.9. The number of hydrogen-bond donors (Lipinski definition) is 2. The van der Waals surface area contributed by atoms with E-state index in [1.54, 1.807) is 0 Å². The molecule has 0 fully saturated rings. The Morgan fingerprint density at radius 3 is 2.52 bits per heavy atom. The van der Waals surface area contributed by atoms with Crippen molar-refractivity contribution in [2.75, 3.05) is 10.6 Å². The third kappa shape index (κ3) is 3.03. The number of carbonyl (C=O) groups excluding carboxylic acids is 1. The van der Waals surface area contributed by atoms with Crippen molar-refractivity contribution in [3.63, 3.8) is 0 Å². The summed E-state index contributed by atoms with van der Waals surface area (Å²) in [4.78, 5) is 16.4. The van der Waals surface area contributed by atoms with Crippen LogP contribution in [0, 0.1) is 13.8 Å². The van der Waals surface area contributed by atoms with E-state index in [0.717, 1.165) is 15.9 Å². The minimum atomic E-state index is -0.284. The zero-order chi connectivity index (χ0) is 14.8. The lowest BCUT2D eigenvalue weighted by atomic mass is 10.1. The summed E-state index contributed by atoms with van der Waals surface area (Å²) in [5, 5.41) is 6.15. The lowest BCUT2D eigenvalue weighted by molar-refractivity contribution is 0.262. The molecule has 0 aliphatic heterocycles. The molecule has 0 saturated carbocycles. The minimum Gasteiger partial charge on any atom is -0.308 e. The topological polar surface area (TPSA) is 54.0 Å². The summed E-state index contributed by atoms with van der Waals surface area (Å²) >= 11 is 1.48. The van der Waals surface area contributed by atoms with Crippen LogP contribution in [-0.4, -0.2) is 11.0 Å². The van der Waals surface area contributed by atoms with E-state index in [-0.39, 0.29) is 6.03 Å². The van der Waals surface area contributed by atoms with Crippen LogP contribution in [0.25, 0.3) is 10.2 Å². The van der Waals surface area contributed by atoms with E-state index >= 15 is 0 Å². The second-order valence-corrected chi connectivity index (χ2v) is 5.90. The number of aromatic nitrogens is 1. The van der Waals surface area contributed by atoms with Gasteiger partial charge < -0.3 is 5.32 Å². The van der Waals surface area contributed by atoms with Crippen molar-refractivity contribution in [3.05, 3.63) is 53.6 Å². The fourth-order valence-corrected chi connectivity index (χ4v) is 2.96. The molecule has 0 aliphatic carbocycles. The van der Waals surface area contributed by atoms with E-state index < -0.39 is 0 Å². The number of nitrogens with zero attached hydrogens (tertiary/aromatic N) is 1. The summed E-state index contributed by atoms with van der Waals surface area (Å²) in [5.41, 5.74) is 4.10. The molecule has 0 spiro atoms. The lowest BCUT2D eigenvalue weighted by Gasteiger charge is -2.04. The number of para-hydroxylation sites is 1. The van der Waals surface area contributed by atoms with Crippen molar-refractivity contribution in [1.82, 2.24) is 4.98 Å². The molecule has 2 amide bonds. The number of amides is 2. The summed E-state index contributed by atoms with van der Waals surface area (Å²) < 4.78 is 1.08. The number of urea groups is 1. The number of carbonyl (C=O) groups is 1. The number of rotatable bonds is 2. The Hall–Kier alpha value is -2.40. The van der Waals surface area contributed by atoms with Gasteiger partial charge >= 0.3 is 6.03 Å². The van der Waals surface area contributed by atoms with Crippen LogP contribution >= 0.6 is 11.3 Å². The third-order valence-electron chi connectivity index (χ3n) is 3.26. The summed E-state index contributed by atoms with van der Waals surface area (Å²) in [5.74, 6) is 0. The number of nitrogens with one attached hydrogen (secondary N) is 2. The van der Waals surface area contributed by atoms with Gasteiger partial charge in [-0.1, -0.05) is 29.5 Å². The Bertz CT molecular complexity index is 757. The first-order chi connectivity index (χ1) is 10.1. The molecule has 3 rings (SSSR count). The largest absolute Gasteiger partial charge is 0.325 e. The van der Waals surface area contributed by atoms with Gasteiger partial charge in [-0.2, -0.15) is 0 Å². The molecule has 0 saturated heterocycles. The monoisotopic (exact) mass is 297 g/mol. The molecule has 0 atom stereocenters. The molecule has 0 bridgehead atoms. The smallest absolute Gasteiger partial charge is 0.308 e. The van der Waals surface area contributed by atoms with E-state index in [1.165, 1.54) is 22.5 Å². The standard InChI is InChI=1S/C16H15N3OS/c1-10-8-13-14(9-11(10)2)21-16(18-13)19-15(20)17-12-6-4-3-5-7-12/h3-9H,1-2H3,(H2,17,18,19,20). The van der Waals surface area contributed by atoms with Crippen molar-refractivity contribution < 1.29 is 4.79 Å². The highest BCUT2D eigenvalue weighted by Crippen LogP contribution is 2.28. The van der Waals surface area contributed by atoms with Crippen LogP contribution in [0.2, 0.25) is 0 Å². The van der Waals surface area contributed by atoms with Crippen LogP contribution in [0.15, 0.2) is 42.5 Å². The molecule has 106 valence electrons. The van der Waals surface area contributed by atoms with Gasteiger partial charge in [0.05, 0.1) is 10.2 Å². The molecule has 2 N–H and O–H groups in total. The van der Waals surface area contributed by atoms with Gasteiger partial charge in [0.1, 0.15) is 0 Å². The number of anilines is 2. The van der Waals surface area contributed by atoms with Crippen LogP contribution in [0.1, 0.15) is 11.1 Å². The number of benzene rings is 2. The van der Waals surface area contributed by atoms with Crippen LogP contribution in [0.3, 0.4) is 0 Å². The fraction of sp³-hybridized carbons (Fsp3) is 0.125. The van der Waals surface area contributed by atoms with Gasteiger partial charge in [0.15, 0.2) is 5.13 Å². The molecule has 1 aromatic heterocycles. The highest BCUT2D eigenvalue weighted by molar-refractivity contribution is 7.22. The Kier molecular flexibility index (Phi) is 3.58. The number of hydrogen-bond acceptors (Lipinski definition) is 3. The van der Waals surface area contributed by atoms with Gasteiger partial charge in [-0.15, -0.1) is 0 Å².